The van der Waals surface area contributed by atoms with E-state index in [4.69, 9.17) is 14.5 Å². The Kier molecular flexibility index (Phi) is 6.38. The molecule has 0 saturated carbocycles. The first-order chi connectivity index (χ1) is 18.2. The Morgan fingerprint density at radius 1 is 0.973 bits per heavy atom. The van der Waals surface area contributed by atoms with Crippen LogP contribution in [0.5, 0.6) is 5.75 Å². The maximum Gasteiger partial charge on any atom is 0.195 e. The Balaban J connectivity index is 1.26. The summed E-state index contributed by atoms with van der Waals surface area (Å²) < 4.78 is 30.3. The van der Waals surface area contributed by atoms with Crippen molar-refractivity contribution < 1.29 is 13.9 Å². The molecular formula is C28H24FN5O2S. The van der Waals surface area contributed by atoms with Crippen LogP contribution in [-0.4, -0.2) is 31.0 Å². The number of rotatable bonds is 9. The summed E-state index contributed by atoms with van der Waals surface area (Å²) >= 11 is 1.63. The molecule has 0 unspecified atom stereocenters. The van der Waals surface area contributed by atoms with Gasteiger partial charge in [0.25, 0.3) is 0 Å². The number of nitrogens with zero attached hydrogens (tertiary/aromatic N) is 5. The van der Waals surface area contributed by atoms with E-state index in [2.05, 4.69) is 39.0 Å². The van der Waals surface area contributed by atoms with Gasteiger partial charge in [0.2, 0.25) is 0 Å². The van der Waals surface area contributed by atoms with E-state index in [1.165, 1.54) is 12.1 Å². The van der Waals surface area contributed by atoms with Gasteiger partial charge in [0.05, 0.1) is 54.2 Å². The lowest BCUT2D eigenvalue weighted by atomic mass is 10.1. The van der Waals surface area contributed by atoms with Gasteiger partial charge in [-0.15, -0.1) is 5.10 Å². The monoisotopic (exact) mass is 513 g/mol. The molecule has 6 rings (SSSR count). The zero-order chi connectivity index (χ0) is 25.2. The molecule has 0 amide bonds. The second-order valence-electron chi connectivity index (χ2n) is 8.59. The summed E-state index contributed by atoms with van der Waals surface area (Å²) in [4.78, 5) is 5.88. The van der Waals surface area contributed by atoms with Crippen LogP contribution >= 0.6 is 11.3 Å². The molecule has 0 aliphatic heterocycles. The van der Waals surface area contributed by atoms with Gasteiger partial charge in [-0.05, 0) is 42.8 Å². The molecule has 3 aromatic carbocycles. The average Bonchev–Trinajstić information content (AvgIpc) is 3.59. The Morgan fingerprint density at radius 3 is 2.70 bits per heavy atom. The molecule has 0 aliphatic rings. The first kappa shape index (κ1) is 23.3. The lowest BCUT2D eigenvalue weighted by molar-refractivity contribution is 0.102. The highest BCUT2D eigenvalue weighted by molar-refractivity contribution is 7.23. The predicted octanol–water partition coefficient (Wildman–Crippen LogP) is 6.11. The molecule has 0 bridgehead atoms. The van der Waals surface area contributed by atoms with Crippen molar-refractivity contribution in [2.45, 2.75) is 26.7 Å². The van der Waals surface area contributed by atoms with Gasteiger partial charge in [0.15, 0.2) is 4.96 Å². The Bertz CT molecular complexity index is 1670. The summed E-state index contributed by atoms with van der Waals surface area (Å²) in [6.07, 6.45) is 1.82. The van der Waals surface area contributed by atoms with Crippen LogP contribution in [0.25, 0.3) is 26.4 Å². The Hall–Kier alpha value is -4.08. The largest absolute Gasteiger partial charge is 0.494 e. The van der Waals surface area contributed by atoms with Crippen LogP contribution in [0.1, 0.15) is 23.9 Å². The molecule has 0 saturated heterocycles. The van der Waals surface area contributed by atoms with E-state index in [9.17, 15) is 4.39 Å². The molecular weight excluding hydrogens is 489 g/mol. The van der Waals surface area contributed by atoms with Crippen molar-refractivity contribution in [3.63, 3.8) is 0 Å². The van der Waals surface area contributed by atoms with Crippen molar-refractivity contribution in [3.05, 3.63) is 102 Å². The lowest BCUT2D eigenvalue weighted by Gasteiger charge is -2.07. The van der Waals surface area contributed by atoms with E-state index in [-0.39, 0.29) is 5.82 Å². The highest BCUT2D eigenvalue weighted by Gasteiger charge is 2.19. The SMILES string of the molecule is CCOc1ccc2c(c1)sc1nc(-c3ccccc3)c(COCc3cn(Cc4cccc(F)c4)nn3)n12. The van der Waals surface area contributed by atoms with Gasteiger partial charge in [0.1, 0.15) is 17.3 Å². The predicted molar refractivity (Wildman–Crippen MR) is 141 cm³/mol. The van der Waals surface area contributed by atoms with Crippen molar-refractivity contribution in [1.29, 1.82) is 0 Å². The number of hydrogen-bond donors (Lipinski definition) is 0. The molecule has 0 N–H and O–H groups in total. The number of aromatic nitrogens is 5. The van der Waals surface area contributed by atoms with Gasteiger partial charge in [-0.1, -0.05) is 59.0 Å². The van der Waals surface area contributed by atoms with Gasteiger partial charge in [-0.25, -0.2) is 14.1 Å². The number of thiazole rings is 1. The Morgan fingerprint density at radius 2 is 1.86 bits per heavy atom. The number of hydrogen-bond acceptors (Lipinski definition) is 6. The van der Waals surface area contributed by atoms with Crippen molar-refractivity contribution in [2.75, 3.05) is 6.61 Å². The number of benzene rings is 3. The zero-order valence-electron chi connectivity index (χ0n) is 20.2. The minimum Gasteiger partial charge on any atom is -0.494 e. The van der Waals surface area contributed by atoms with Crippen LogP contribution in [0.2, 0.25) is 0 Å². The summed E-state index contributed by atoms with van der Waals surface area (Å²) in [7, 11) is 0. The van der Waals surface area contributed by atoms with Crippen LogP contribution in [0.3, 0.4) is 0 Å². The molecule has 7 nitrogen and oxygen atoms in total. The molecule has 186 valence electrons. The summed E-state index contributed by atoms with van der Waals surface area (Å²) in [5.74, 6) is 0.583. The second kappa shape index (κ2) is 10.1. The summed E-state index contributed by atoms with van der Waals surface area (Å²) in [6, 6.07) is 22.7. The fourth-order valence-corrected chi connectivity index (χ4v) is 5.45. The number of halogens is 1. The van der Waals surface area contributed by atoms with Gasteiger partial charge < -0.3 is 9.47 Å². The average molecular weight is 514 g/mol. The van der Waals surface area contributed by atoms with Crippen molar-refractivity contribution in [3.8, 4) is 17.0 Å². The third kappa shape index (κ3) is 4.83. The maximum absolute atomic E-state index is 13.5. The number of fused-ring (bicyclic) bond motifs is 3. The minimum absolute atomic E-state index is 0.266. The first-order valence-corrected chi connectivity index (χ1v) is 12.8. The minimum atomic E-state index is -0.266. The van der Waals surface area contributed by atoms with Gasteiger partial charge >= 0.3 is 0 Å². The molecule has 0 fully saturated rings. The highest BCUT2D eigenvalue weighted by Crippen LogP contribution is 2.35. The van der Waals surface area contributed by atoms with Crippen LogP contribution in [0, 0.1) is 5.82 Å². The van der Waals surface area contributed by atoms with E-state index in [0.717, 1.165) is 43.4 Å². The molecule has 3 aromatic heterocycles. The molecule has 0 radical (unpaired) electrons. The van der Waals surface area contributed by atoms with Crippen LogP contribution in [0.4, 0.5) is 4.39 Å². The van der Waals surface area contributed by atoms with E-state index >= 15 is 0 Å². The van der Waals surface area contributed by atoms with Gasteiger partial charge in [-0.3, -0.25) is 4.40 Å². The molecule has 37 heavy (non-hydrogen) atoms. The van der Waals surface area contributed by atoms with E-state index < -0.39 is 0 Å². The number of ether oxygens (including phenoxy) is 2. The van der Waals surface area contributed by atoms with E-state index in [0.29, 0.717) is 32.1 Å². The van der Waals surface area contributed by atoms with Crippen molar-refractivity contribution >= 4 is 26.5 Å². The third-order valence-corrected chi connectivity index (χ3v) is 6.99. The fourth-order valence-electron chi connectivity index (χ4n) is 4.38. The van der Waals surface area contributed by atoms with Crippen LogP contribution in [-0.2, 0) is 24.5 Å². The van der Waals surface area contributed by atoms with Gasteiger partial charge in [-0.2, -0.15) is 0 Å². The quantitative estimate of drug-likeness (QED) is 0.233. The van der Waals surface area contributed by atoms with E-state index in [1.54, 1.807) is 22.1 Å². The van der Waals surface area contributed by atoms with Crippen molar-refractivity contribution in [2.24, 2.45) is 0 Å². The molecule has 0 aliphatic carbocycles. The molecule has 0 atom stereocenters. The normalized spacial score (nSPS) is 11.5. The maximum atomic E-state index is 13.5. The third-order valence-electron chi connectivity index (χ3n) is 5.98. The van der Waals surface area contributed by atoms with Gasteiger partial charge in [0, 0.05) is 5.56 Å². The Labute approximate surface area is 216 Å². The topological polar surface area (TPSA) is 66.5 Å². The summed E-state index contributed by atoms with van der Waals surface area (Å²) in [5, 5.41) is 8.39. The fraction of sp³-hybridized carbons (Fsp3) is 0.179. The van der Waals surface area contributed by atoms with Crippen LogP contribution in [0.15, 0.2) is 79.0 Å². The molecule has 9 heteroatoms. The molecule has 3 heterocycles. The van der Waals surface area contributed by atoms with Crippen LogP contribution < -0.4 is 4.74 Å². The first-order valence-electron chi connectivity index (χ1n) is 12.0. The summed E-state index contributed by atoms with van der Waals surface area (Å²) in [5.41, 5.74) is 5.51. The smallest absolute Gasteiger partial charge is 0.195 e. The van der Waals surface area contributed by atoms with E-state index in [1.807, 2.05) is 43.5 Å². The number of imidazole rings is 1. The lowest BCUT2D eigenvalue weighted by Crippen LogP contribution is -2.01. The standard InChI is InChI=1S/C28H24FN5O2S/c1-2-36-23-11-12-24-26(14-23)37-28-30-27(20-8-4-3-5-9-20)25(34(24)28)18-35-17-22-16-33(32-31-22)15-19-7-6-10-21(29)13-19/h3-14,16H,2,15,17-18H2,1H3. The van der Waals surface area contributed by atoms with Crippen molar-refractivity contribution in [1.82, 2.24) is 24.4 Å². The molecule has 6 aromatic rings. The zero-order valence-corrected chi connectivity index (χ0v) is 21.0. The second-order valence-corrected chi connectivity index (χ2v) is 9.59. The molecule has 0 spiro atoms. The summed E-state index contributed by atoms with van der Waals surface area (Å²) in [6.45, 7) is 3.68. The highest BCUT2D eigenvalue weighted by atomic mass is 32.1.